The third-order valence-corrected chi connectivity index (χ3v) is 7.28. The third-order valence-electron chi connectivity index (χ3n) is 7.28. The maximum atomic E-state index is 13.7. The summed E-state index contributed by atoms with van der Waals surface area (Å²) in [4.78, 5) is 30.6. The number of amides is 1. The van der Waals surface area contributed by atoms with Crippen LogP contribution in [0, 0.1) is 5.92 Å². The first-order valence-electron chi connectivity index (χ1n) is 12.0. The molecule has 2 bridgehead atoms. The number of hydrogen-bond acceptors (Lipinski definition) is 5. The number of carbonyl (C=O) groups is 1. The van der Waals surface area contributed by atoms with Gasteiger partial charge in [-0.2, -0.15) is 0 Å². The molecule has 1 aromatic carbocycles. The average Bonchev–Trinajstić information content (AvgIpc) is 2.84. The van der Waals surface area contributed by atoms with Gasteiger partial charge in [-0.1, -0.05) is 24.3 Å². The predicted octanol–water partition coefficient (Wildman–Crippen LogP) is 2.33. The lowest BCUT2D eigenvalue weighted by atomic mass is 9.82. The number of morpholine rings is 1. The summed E-state index contributed by atoms with van der Waals surface area (Å²) in [5.41, 5.74) is 4.14. The van der Waals surface area contributed by atoms with Crippen LogP contribution < -0.4 is 5.56 Å². The Balaban J connectivity index is 1.41. The number of fused-ring (bicyclic) bond motifs is 4. The van der Waals surface area contributed by atoms with Crippen molar-refractivity contribution in [3.8, 4) is 11.1 Å². The molecule has 0 N–H and O–H groups in total. The first-order valence-corrected chi connectivity index (χ1v) is 12.0. The van der Waals surface area contributed by atoms with Crippen LogP contribution in [0.1, 0.15) is 30.0 Å². The molecule has 176 valence electrons. The third kappa shape index (κ3) is 4.63. The SMILES string of the molecule is COCCC(=O)N1C[C@@H]2C[C@H](C1)c1ccc(-c3ccccc3CN3CCOCC3)c(=O)n1C2. The van der Waals surface area contributed by atoms with E-state index < -0.39 is 0 Å². The van der Waals surface area contributed by atoms with Crippen LogP contribution in [0.3, 0.4) is 0 Å². The van der Waals surface area contributed by atoms with E-state index in [2.05, 4.69) is 29.2 Å². The number of rotatable bonds is 6. The van der Waals surface area contributed by atoms with Crippen LogP contribution in [0.4, 0.5) is 0 Å². The van der Waals surface area contributed by atoms with E-state index in [9.17, 15) is 9.59 Å². The maximum absolute atomic E-state index is 13.7. The molecule has 3 aliphatic rings. The fourth-order valence-corrected chi connectivity index (χ4v) is 5.62. The molecule has 0 spiro atoms. The van der Waals surface area contributed by atoms with Gasteiger partial charge in [-0.15, -0.1) is 0 Å². The second-order valence-electron chi connectivity index (χ2n) is 9.47. The van der Waals surface area contributed by atoms with Crippen molar-refractivity contribution < 1.29 is 14.3 Å². The van der Waals surface area contributed by atoms with Crippen molar-refractivity contribution in [2.45, 2.75) is 31.8 Å². The van der Waals surface area contributed by atoms with Crippen LogP contribution in [0.25, 0.3) is 11.1 Å². The number of ether oxygens (including phenoxy) is 2. The summed E-state index contributed by atoms with van der Waals surface area (Å²) in [5.74, 6) is 0.685. The van der Waals surface area contributed by atoms with E-state index >= 15 is 0 Å². The van der Waals surface area contributed by atoms with Crippen LogP contribution in [-0.2, 0) is 27.4 Å². The predicted molar refractivity (Wildman–Crippen MR) is 126 cm³/mol. The number of benzene rings is 1. The summed E-state index contributed by atoms with van der Waals surface area (Å²) < 4.78 is 12.5. The van der Waals surface area contributed by atoms with E-state index in [-0.39, 0.29) is 17.4 Å². The summed E-state index contributed by atoms with van der Waals surface area (Å²) >= 11 is 0. The van der Waals surface area contributed by atoms with Crippen molar-refractivity contribution in [1.82, 2.24) is 14.4 Å². The summed E-state index contributed by atoms with van der Waals surface area (Å²) in [7, 11) is 1.62. The summed E-state index contributed by atoms with van der Waals surface area (Å²) in [5, 5.41) is 0. The quantitative estimate of drug-likeness (QED) is 0.675. The van der Waals surface area contributed by atoms with Gasteiger partial charge in [0.1, 0.15) is 0 Å². The van der Waals surface area contributed by atoms with E-state index in [0.29, 0.717) is 32.0 Å². The zero-order chi connectivity index (χ0) is 22.8. The molecule has 0 saturated carbocycles. The fourth-order valence-electron chi connectivity index (χ4n) is 5.62. The Kier molecular flexibility index (Phi) is 6.62. The van der Waals surface area contributed by atoms with E-state index in [1.54, 1.807) is 7.11 Å². The average molecular weight is 452 g/mol. The number of piperidine rings is 1. The normalized spacial score (nSPS) is 22.8. The van der Waals surface area contributed by atoms with Crippen molar-refractivity contribution in [2.24, 2.45) is 5.92 Å². The van der Waals surface area contributed by atoms with Crippen LogP contribution in [-0.4, -0.2) is 73.4 Å². The smallest absolute Gasteiger partial charge is 0.258 e. The molecular weight excluding hydrogens is 418 g/mol. The van der Waals surface area contributed by atoms with Crippen molar-refractivity contribution in [3.63, 3.8) is 0 Å². The van der Waals surface area contributed by atoms with Gasteiger partial charge in [-0.05, 0) is 35.6 Å². The van der Waals surface area contributed by atoms with Crippen LogP contribution in [0.5, 0.6) is 0 Å². The largest absolute Gasteiger partial charge is 0.384 e. The van der Waals surface area contributed by atoms with Crippen molar-refractivity contribution in [2.75, 3.05) is 53.1 Å². The van der Waals surface area contributed by atoms with Crippen LogP contribution in [0.2, 0.25) is 0 Å². The molecule has 0 radical (unpaired) electrons. The van der Waals surface area contributed by atoms with Gasteiger partial charge < -0.3 is 18.9 Å². The fraction of sp³-hybridized carbons (Fsp3) is 0.538. The number of nitrogens with zero attached hydrogens (tertiary/aromatic N) is 3. The Hall–Kier alpha value is -2.48. The Bertz CT molecular complexity index is 1060. The molecule has 3 aliphatic heterocycles. The minimum absolute atomic E-state index is 0.0933. The van der Waals surface area contributed by atoms with Gasteiger partial charge in [0.25, 0.3) is 5.56 Å². The zero-order valence-electron chi connectivity index (χ0n) is 19.4. The highest BCUT2D eigenvalue weighted by molar-refractivity contribution is 5.76. The molecule has 1 aromatic heterocycles. The molecule has 2 fully saturated rings. The molecular formula is C26H33N3O4. The standard InChI is InChI=1S/C26H33N3O4/c1-32-11-8-25(30)28-15-19-14-21(18-28)24-7-6-23(26(31)29(24)16-19)22-5-3-2-4-20(22)17-27-9-12-33-13-10-27/h2-7,19,21H,8-18H2,1H3/t19-,21+/m0/s1. The molecule has 0 unspecified atom stereocenters. The first kappa shape index (κ1) is 22.3. The Labute approximate surface area is 194 Å². The molecule has 4 heterocycles. The molecule has 2 atom stereocenters. The monoisotopic (exact) mass is 451 g/mol. The van der Waals surface area contributed by atoms with Gasteiger partial charge in [-0.3, -0.25) is 14.5 Å². The Morgan fingerprint density at radius 2 is 1.88 bits per heavy atom. The maximum Gasteiger partial charge on any atom is 0.258 e. The highest BCUT2D eigenvalue weighted by atomic mass is 16.5. The molecule has 0 aliphatic carbocycles. The lowest BCUT2D eigenvalue weighted by Gasteiger charge is -2.43. The number of likely N-dealkylation sites (tertiary alicyclic amines) is 1. The summed E-state index contributed by atoms with van der Waals surface area (Å²) in [6.07, 6.45) is 1.46. The van der Waals surface area contributed by atoms with Gasteiger partial charge in [0.2, 0.25) is 5.91 Å². The van der Waals surface area contributed by atoms with Gasteiger partial charge >= 0.3 is 0 Å². The van der Waals surface area contributed by atoms with Gasteiger partial charge in [0.15, 0.2) is 0 Å². The first-order chi connectivity index (χ1) is 16.1. The second-order valence-corrected chi connectivity index (χ2v) is 9.47. The van der Waals surface area contributed by atoms with Crippen LogP contribution in [0.15, 0.2) is 41.2 Å². The van der Waals surface area contributed by atoms with E-state index in [1.165, 1.54) is 5.56 Å². The number of aromatic nitrogens is 1. The molecule has 33 heavy (non-hydrogen) atoms. The molecule has 7 heteroatoms. The highest BCUT2D eigenvalue weighted by Crippen LogP contribution is 2.36. The zero-order valence-corrected chi connectivity index (χ0v) is 19.4. The van der Waals surface area contributed by atoms with Crippen molar-refractivity contribution >= 4 is 5.91 Å². The molecule has 2 aromatic rings. The number of methoxy groups -OCH3 is 1. The number of pyridine rings is 1. The van der Waals surface area contributed by atoms with E-state index in [4.69, 9.17) is 9.47 Å². The highest BCUT2D eigenvalue weighted by Gasteiger charge is 2.36. The van der Waals surface area contributed by atoms with Gasteiger partial charge in [0, 0.05) is 63.6 Å². The second kappa shape index (κ2) is 9.79. The topological polar surface area (TPSA) is 64.0 Å². The Morgan fingerprint density at radius 1 is 1.06 bits per heavy atom. The minimum atomic E-state index is 0.0933. The molecule has 2 saturated heterocycles. The summed E-state index contributed by atoms with van der Waals surface area (Å²) in [6, 6.07) is 12.4. The number of carbonyl (C=O) groups excluding carboxylic acids is 1. The van der Waals surface area contributed by atoms with Gasteiger partial charge in [0.05, 0.1) is 26.2 Å². The van der Waals surface area contributed by atoms with Crippen molar-refractivity contribution in [3.05, 3.63) is 58.0 Å². The van der Waals surface area contributed by atoms with Crippen LogP contribution >= 0.6 is 0 Å². The van der Waals surface area contributed by atoms with Crippen molar-refractivity contribution in [1.29, 1.82) is 0 Å². The van der Waals surface area contributed by atoms with E-state index in [0.717, 1.165) is 62.6 Å². The number of hydrogen-bond donors (Lipinski definition) is 0. The van der Waals surface area contributed by atoms with E-state index in [1.807, 2.05) is 21.6 Å². The Morgan fingerprint density at radius 3 is 2.70 bits per heavy atom. The lowest BCUT2D eigenvalue weighted by molar-refractivity contribution is -0.134. The van der Waals surface area contributed by atoms with Gasteiger partial charge in [-0.25, -0.2) is 0 Å². The molecule has 1 amide bonds. The molecule has 5 rings (SSSR count). The minimum Gasteiger partial charge on any atom is -0.384 e. The summed E-state index contributed by atoms with van der Waals surface area (Å²) in [6.45, 7) is 6.72. The molecule has 7 nitrogen and oxygen atoms in total. The lowest BCUT2D eigenvalue weighted by Crippen LogP contribution is -2.49.